The second-order valence-electron chi connectivity index (χ2n) is 6.96. The number of hydrazone groups is 1. The lowest BCUT2D eigenvalue weighted by Gasteiger charge is -2.09. The Morgan fingerprint density at radius 3 is 2.31 bits per heavy atom. The van der Waals surface area contributed by atoms with E-state index in [1.807, 2.05) is 10.7 Å². The van der Waals surface area contributed by atoms with Crippen LogP contribution in [0.3, 0.4) is 0 Å². The van der Waals surface area contributed by atoms with E-state index in [1.54, 1.807) is 0 Å². The predicted octanol–water partition coefficient (Wildman–Crippen LogP) is 3.92. The highest BCUT2D eigenvalue weighted by atomic mass is 19.4. The summed E-state index contributed by atoms with van der Waals surface area (Å²) in [5.41, 5.74) is 0.504. The first-order chi connectivity index (χ1) is 17.0. The summed E-state index contributed by atoms with van der Waals surface area (Å²) in [6.45, 7) is 0. The third kappa shape index (κ3) is 6.72. The van der Waals surface area contributed by atoms with E-state index in [9.17, 15) is 37.7 Å². The Morgan fingerprint density at radius 2 is 1.64 bits per heavy atom. The Kier molecular flexibility index (Phi) is 7.74. The summed E-state index contributed by atoms with van der Waals surface area (Å²) in [6, 6.07) is 14.7. The fourth-order valence-corrected chi connectivity index (χ4v) is 2.77. The molecule has 0 atom stereocenters. The third-order valence-electron chi connectivity index (χ3n) is 4.45. The van der Waals surface area contributed by atoms with E-state index >= 15 is 0 Å². The minimum absolute atomic E-state index is 0.0831. The van der Waals surface area contributed by atoms with Crippen molar-refractivity contribution in [2.24, 2.45) is 5.10 Å². The lowest BCUT2D eigenvalue weighted by molar-refractivity contribution is -0.385. The Bertz CT molecular complexity index is 1340. The van der Waals surface area contributed by atoms with Crippen molar-refractivity contribution in [3.63, 3.8) is 0 Å². The number of benzene rings is 3. The summed E-state index contributed by atoms with van der Waals surface area (Å²) in [5, 5.41) is 16.7. The molecule has 0 aliphatic carbocycles. The quantitative estimate of drug-likeness (QED) is 0.131. The maximum Gasteiger partial charge on any atom is 0.416 e. The van der Waals surface area contributed by atoms with Gasteiger partial charge in [-0.2, -0.15) is 18.3 Å². The largest absolute Gasteiger partial charge is 0.423 e. The number of carbonyl (C=O) groups is 3. The van der Waals surface area contributed by atoms with Crippen LogP contribution in [0.4, 0.5) is 24.5 Å². The Morgan fingerprint density at radius 1 is 0.944 bits per heavy atom. The molecule has 2 amide bonds. The number of nitro benzene ring substituents is 1. The molecule has 0 bridgehead atoms. The summed E-state index contributed by atoms with van der Waals surface area (Å²) in [6.07, 6.45) is -3.45. The van der Waals surface area contributed by atoms with Crippen molar-refractivity contribution in [2.45, 2.75) is 6.18 Å². The topological polar surface area (TPSA) is 140 Å². The van der Waals surface area contributed by atoms with Crippen LogP contribution in [0.1, 0.15) is 21.5 Å². The molecule has 0 saturated heterocycles. The average molecular weight is 500 g/mol. The van der Waals surface area contributed by atoms with Crippen LogP contribution in [-0.2, 0) is 15.8 Å². The molecule has 36 heavy (non-hydrogen) atoms. The van der Waals surface area contributed by atoms with Gasteiger partial charge in [0, 0.05) is 11.8 Å². The number of nitrogens with one attached hydrogen (secondary N) is 2. The molecule has 0 aliphatic rings. The minimum atomic E-state index is -4.61. The number of halogens is 3. The maximum absolute atomic E-state index is 12.7. The van der Waals surface area contributed by atoms with E-state index in [1.165, 1.54) is 54.6 Å². The van der Waals surface area contributed by atoms with E-state index in [-0.39, 0.29) is 17.0 Å². The first-order valence-corrected chi connectivity index (χ1v) is 9.92. The van der Waals surface area contributed by atoms with Crippen LogP contribution in [0.15, 0.2) is 77.9 Å². The minimum Gasteiger partial charge on any atom is -0.423 e. The van der Waals surface area contributed by atoms with Crippen molar-refractivity contribution in [1.29, 1.82) is 0 Å². The van der Waals surface area contributed by atoms with Gasteiger partial charge in [0.2, 0.25) is 0 Å². The lowest BCUT2D eigenvalue weighted by atomic mass is 10.2. The molecular weight excluding hydrogens is 485 g/mol. The molecule has 0 unspecified atom stereocenters. The maximum atomic E-state index is 12.7. The van der Waals surface area contributed by atoms with Crippen molar-refractivity contribution < 1.29 is 37.2 Å². The van der Waals surface area contributed by atoms with Crippen LogP contribution >= 0.6 is 0 Å². The highest BCUT2D eigenvalue weighted by molar-refractivity contribution is 6.39. The number of nitrogens with zero attached hydrogens (tertiary/aromatic N) is 2. The molecule has 0 spiro atoms. The Balaban J connectivity index is 1.55. The molecule has 13 heteroatoms. The molecular formula is C23H15F3N4O6. The fraction of sp³-hybridized carbons (Fsp3) is 0.0435. The second-order valence-corrected chi connectivity index (χ2v) is 6.96. The molecule has 0 fully saturated rings. The van der Waals surface area contributed by atoms with Crippen molar-refractivity contribution in [3.05, 3.63) is 99.6 Å². The number of anilines is 1. The van der Waals surface area contributed by atoms with Gasteiger partial charge in [0.15, 0.2) is 0 Å². The highest BCUT2D eigenvalue weighted by Crippen LogP contribution is 2.30. The first-order valence-electron chi connectivity index (χ1n) is 9.92. The molecule has 0 saturated carbocycles. The summed E-state index contributed by atoms with van der Waals surface area (Å²) < 4.78 is 43.3. The van der Waals surface area contributed by atoms with Crippen molar-refractivity contribution in [2.75, 3.05) is 5.32 Å². The number of carbonyl (C=O) groups excluding carboxylic acids is 3. The number of hydrogen-bond donors (Lipinski definition) is 2. The SMILES string of the molecule is O=C(N/N=C/c1ccc(OC(=O)c2ccccc2[N+](=O)[O-])cc1)C(=O)Nc1cccc(C(F)(F)F)c1. The Labute approximate surface area is 200 Å². The summed E-state index contributed by atoms with van der Waals surface area (Å²) in [5.74, 6) is -3.30. The third-order valence-corrected chi connectivity index (χ3v) is 4.45. The van der Waals surface area contributed by atoms with Crippen molar-refractivity contribution in [1.82, 2.24) is 5.43 Å². The van der Waals surface area contributed by atoms with Crippen LogP contribution < -0.4 is 15.5 Å². The highest BCUT2D eigenvalue weighted by Gasteiger charge is 2.30. The fourth-order valence-electron chi connectivity index (χ4n) is 2.77. The van der Waals surface area contributed by atoms with Crippen LogP contribution in [0.5, 0.6) is 5.75 Å². The van der Waals surface area contributed by atoms with Gasteiger partial charge < -0.3 is 10.1 Å². The van der Waals surface area contributed by atoms with E-state index in [0.29, 0.717) is 11.6 Å². The van der Waals surface area contributed by atoms with Gasteiger partial charge in [-0.25, -0.2) is 10.2 Å². The van der Waals surface area contributed by atoms with Crippen molar-refractivity contribution >= 4 is 35.4 Å². The number of ether oxygens (including phenoxy) is 1. The Hall–Kier alpha value is -5.07. The zero-order valence-corrected chi connectivity index (χ0v) is 18.0. The molecule has 2 N–H and O–H groups in total. The lowest BCUT2D eigenvalue weighted by Crippen LogP contribution is -2.32. The molecule has 0 heterocycles. The average Bonchev–Trinajstić information content (AvgIpc) is 2.84. The van der Waals surface area contributed by atoms with Gasteiger partial charge >= 0.3 is 24.0 Å². The van der Waals surface area contributed by atoms with Crippen LogP contribution in [-0.4, -0.2) is 28.9 Å². The number of para-hydroxylation sites is 1. The number of alkyl halides is 3. The first kappa shape index (κ1) is 25.6. The van der Waals surface area contributed by atoms with Crippen molar-refractivity contribution in [3.8, 4) is 5.75 Å². The van der Waals surface area contributed by atoms with Gasteiger partial charge in [-0.3, -0.25) is 19.7 Å². The summed E-state index contributed by atoms with van der Waals surface area (Å²) >= 11 is 0. The number of esters is 1. The van der Waals surface area contributed by atoms with Gasteiger partial charge in [-0.15, -0.1) is 0 Å². The van der Waals surface area contributed by atoms with Gasteiger partial charge in [0.05, 0.1) is 16.7 Å². The van der Waals surface area contributed by atoms with E-state index in [0.717, 1.165) is 18.3 Å². The smallest absolute Gasteiger partial charge is 0.416 e. The zero-order valence-electron chi connectivity index (χ0n) is 18.0. The molecule has 3 aromatic carbocycles. The van der Waals surface area contributed by atoms with E-state index in [4.69, 9.17) is 4.74 Å². The number of amides is 2. The predicted molar refractivity (Wildman–Crippen MR) is 120 cm³/mol. The standard InChI is InChI=1S/C23H15F3N4O6/c24-23(25,26)15-4-3-5-16(12-15)28-20(31)21(32)29-27-13-14-8-10-17(11-9-14)36-22(33)18-6-1-2-7-19(18)30(34)35/h1-13H,(H,28,31)(H,29,32)/b27-13+. The van der Waals surface area contributed by atoms with E-state index < -0.39 is 40.1 Å². The summed E-state index contributed by atoms with van der Waals surface area (Å²) in [7, 11) is 0. The molecule has 0 aliphatic heterocycles. The molecule has 10 nitrogen and oxygen atoms in total. The monoisotopic (exact) mass is 500 g/mol. The molecule has 0 aromatic heterocycles. The van der Waals surface area contributed by atoms with Gasteiger partial charge in [0.1, 0.15) is 11.3 Å². The molecule has 3 rings (SSSR count). The number of hydrogen-bond acceptors (Lipinski definition) is 7. The summed E-state index contributed by atoms with van der Waals surface area (Å²) in [4.78, 5) is 46.3. The van der Waals surface area contributed by atoms with Gasteiger partial charge in [0.25, 0.3) is 5.69 Å². The number of nitro groups is 1. The second kappa shape index (κ2) is 10.9. The van der Waals surface area contributed by atoms with Crippen LogP contribution in [0, 0.1) is 10.1 Å². The molecule has 3 aromatic rings. The molecule has 0 radical (unpaired) electrons. The van der Waals surface area contributed by atoms with Crippen LogP contribution in [0.2, 0.25) is 0 Å². The number of rotatable bonds is 6. The molecule has 184 valence electrons. The normalized spacial score (nSPS) is 11.1. The van der Waals surface area contributed by atoms with E-state index in [2.05, 4.69) is 5.10 Å². The van der Waals surface area contributed by atoms with Gasteiger partial charge in [-0.1, -0.05) is 18.2 Å². The zero-order chi connectivity index (χ0) is 26.3. The van der Waals surface area contributed by atoms with Crippen LogP contribution in [0.25, 0.3) is 0 Å². The van der Waals surface area contributed by atoms with Gasteiger partial charge in [-0.05, 0) is 54.1 Å².